The highest BCUT2D eigenvalue weighted by atomic mass is 35.5. The monoisotopic (exact) mass is 308 g/mol. The van der Waals surface area contributed by atoms with E-state index in [1.54, 1.807) is 6.07 Å². The fourth-order valence-corrected chi connectivity index (χ4v) is 3.45. The molecule has 2 aliphatic heterocycles. The number of nitrogens with zero attached hydrogens (tertiary/aromatic N) is 4. The number of hydrogen-bond acceptors (Lipinski definition) is 4. The number of piperidine rings is 1. The summed E-state index contributed by atoms with van der Waals surface area (Å²) in [4.78, 5) is 25.2. The first-order chi connectivity index (χ1) is 10.1. The third kappa shape index (κ3) is 3.28. The number of carbonyl (C=O) groups is 1. The third-order valence-electron chi connectivity index (χ3n) is 4.38. The molecule has 0 aromatic carbocycles. The molecule has 6 heteroatoms. The standard InChI is InChI=1S/C15H21ClN4O/c1-11-17-13(16)10-14(18-11)19-8-4-12(5-9-19)15(21)20-6-2-3-7-20/h10,12H,2-9H2,1H3. The van der Waals surface area contributed by atoms with E-state index in [-0.39, 0.29) is 5.92 Å². The maximum atomic E-state index is 12.4. The lowest BCUT2D eigenvalue weighted by Crippen LogP contribution is -2.42. The van der Waals surface area contributed by atoms with E-state index in [0.29, 0.717) is 16.9 Å². The molecule has 1 aromatic rings. The number of anilines is 1. The number of hydrogen-bond donors (Lipinski definition) is 0. The van der Waals surface area contributed by atoms with Crippen LogP contribution in [0.3, 0.4) is 0 Å². The van der Waals surface area contributed by atoms with E-state index in [0.717, 1.165) is 57.7 Å². The van der Waals surface area contributed by atoms with E-state index in [2.05, 4.69) is 14.9 Å². The average molecular weight is 309 g/mol. The van der Waals surface area contributed by atoms with Gasteiger partial charge in [-0.1, -0.05) is 11.6 Å². The Kier molecular flexibility index (Phi) is 4.29. The Morgan fingerprint density at radius 1 is 1.19 bits per heavy atom. The molecule has 0 aliphatic carbocycles. The van der Waals surface area contributed by atoms with Gasteiger partial charge >= 0.3 is 0 Å². The van der Waals surface area contributed by atoms with Crippen LogP contribution in [0, 0.1) is 12.8 Å². The Hall–Kier alpha value is -1.36. The molecule has 0 saturated carbocycles. The first kappa shape index (κ1) is 14.6. The quantitative estimate of drug-likeness (QED) is 0.787. The van der Waals surface area contributed by atoms with Crippen LogP contribution in [0.2, 0.25) is 5.15 Å². The number of amides is 1. The topological polar surface area (TPSA) is 49.3 Å². The normalized spacial score (nSPS) is 20.1. The highest BCUT2D eigenvalue weighted by Crippen LogP contribution is 2.25. The minimum Gasteiger partial charge on any atom is -0.356 e. The van der Waals surface area contributed by atoms with Crippen LogP contribution < -0.4 is 4.90 Å². The van der Waals surface area contributed by atoms with Crippen LogP contribution in [-0.4, -0.2) is 47.0 Å². The van der Waals surface area contributed by atoms with Gasteiger partial charge in [0.1, 0.15) is 16.8 Å². The van der Waals surface area contributed by atoms with Crippen molar-refractivity contribution in [2.45, 2.75) is 32.6 Å². The number of halogens is 1. The van der Waals surface area contributed by atoms with Crippen molar-refractivity contribution in [1.29, 1.82) is 0 Å². The molecule has 0 unspecified atom stereocenters. The molecular formula is C15H21ClN4O. The largest absolute Gasteiger partial charge is 0.356 e. The molecule has 0 bridgehead atoms. The lowest BCUT2D eigenvalue weighted by atomic mass is 9.95. The van der Waals surface area contributed by atoms with E-state index in [9.17, 15) is 4.79 Å². The molecule has 0 atom stereocenters. The van der Waals surface area contributed by atoms with Gasteiger partial charge in [-0.2, -0.15) is 0 Å². The molecular weight excluding hydrogens is 288 g/mol. The number of aromatic nitrogens is 2. The van der Waals surface area contributed by atoms with Crippen LogP contribution in [0.25, 0.3) is 0 Å². The molecule has 5 nitrogen and oxygen atoms in total. The molecule has 2 aliphatic rings. The lowest BCUT2D eigenvalue weighted by Gasteiger charge is -2.33. The zero-order valence-corrected chi connectivity index (χ0v) is 13.1. The summed E-state index contributed by atoms with van der Waals surface area (Å²) >= 11 is 6.00. The summed E-state index contributed by atoms with van der Waals surface area (Å²) in [6.45, 7) is 5.45. The zero-order chi connectivity index (χ0) is 14.8. The maximum Gasteiger partial charge on any atom is 0.225 e. The molecule has 3 heterocycles. The van der Waals surface area contributed by atoms with E-state index in [1.807, 2.05) is 11.8 Å². The van der Waals surface area contributed by atoms with Gasteiger partial charge in [-0.05, 0) is 32.6 Å². The van der Waals surface area contributed by atoms with Crippen molar-refractivity contribution in [3.05, 3.63) is 17.0 Å². The van der Waals surface area contributed by atoms with E-state index >= 15 is 0 Å². The van der Waals surface area contributed by atoms with Gasteiger partial charge in [0.25, 0.3) is 0 Å². The first-order valence-electron chi connectivity index (χ1n) is 7.68. The van der Waals surface area contributed by atoms with Crippen molar-refractivity contribution in [3.8, 4) is 0 Å². The SMILES string of the molecule is Cc1nc(Cl)cc(N2CCC(C(=O)N3CCCC3)CC2)n1. The van der Waals surface area contributed by atoms with Gasteiger partial charge in [-0.15, -0.1) is 0 Å². The van der Waals surface area contributed by atoms with Crippen molar-refractivity contribution >= 4 is 23.3 Å². The van der Waals surface area contributed by atoms with Crippen molar-refractivity contribution in [2.75, 3.05) is 31.1 Å². The second-order valence-electron chi connectivity index (χ2n) is 5.89. The molecule has 2 saturated heterocycles. The first-order valence-corrected chi connectivity index (χ1v) is 8.06. The molecule has 114 valence electrons. The van der Waals surface area contributed by atoms with Gasteiger partial charge in [-0.25, -0.2) is 9.97 Å². The molecule has 3 rings (SSSR count). The van der Waals surface area contributed by atoms with Crippen LogP contribution in [0.15, 0.2) is 6.07 Å². The number of likely N-dealkylation sites (tertiary alicyclic amines) is 1. The number of rotatable bonds is 2. The van der Waals surface area contributed by atoms with Crippen molar-refractivity contribution < 1.29 is 4.79 Å². The molecule has 1 amide bonds. The van der Waals surface area contributed by atoms with Crippen LogP contribution in [0.1, 0.15) is 31.5 Å². The Balaban J connectivity index is 1.60. The van der Waals surface area contributed by atoms with Crippen LogP contribution >= 0.6 is 11.6 Å². The zero-order valence-electron chi connectivity index (χ0n) is 12.4. The lowest BCUT2D eigenvalue weighted by molar-refractivity contribution is -0.135. The summed E-state index contributed by atoms with van der Waals surface area (Å²) in [6.07, 6.45) is 4.11. The molecule has 1 aromatic heterocycles. The summed E-state index contributed by atoms with van der Waals surface area (Å²) in [6, 6.07) is 1.80. The molecule has 2 fully saturated rings. The highest BCUT2D eigenvalue weighted by molar-refractivity contribution is 6.29. The van der Waals surface area contributed by atoms with E-state index in [4.69, 9.17) is 11.6 Å². The number of aryl methyl sites for hydroxylation is 1. The predicted molar refractivity (Wildman–Crippen MR) is 82.5 cm³/mol. The number of carbonyl (C=O) groups excluding carboxylic acids is 1. The summed E-state index contributed by atoms with van der Waals surface area (Å²) < 4.78 is 0. The van der Waals surface area contributed by atoms with Crippen molar-refractivity contribution in [3.63, 3.8) is 0 Å². The Bertz CT molecular complexity index is 502. The van der Waals surface area contributed by atoms with Gasteiger partial charge in [-0.3, -0.25) is 4.79 Å². The van der Waals surface area contributed by atoms with Gasteiger partial charge in [0.05, 0.1) is 0 Å². The molecule has 0 radical (unpaired) electrons. The third-order valence-corrected chi connectivity index (χ3v) is 4.57. The summed E-state index contributed by atoms with van der Waals surface area (Å²) in [5, 5.41) is 0.479. The minimum absolute atomic E-state index is 0.178. The summed E-state index contributed by atoms with van der Waals surface area (Å²) in [7, 11) is 0. The average Bonchev–Trinajstić information content (AvgIpc) is 3.00. The Morgan fingerprint density at radius 2 is 1.86 bits per heavy atom. The summed E-state index contributed by atoms with van der Waals surface area (Å²) in [5.41, 5.74) is 0. The van der Waals surface area contributed by atoms with Gasteiger partial charge in [0.15, 0.2) is 0 Å². The smallest absolute Gasteiger partial charge is 0.225 e. The molecule has 21 heavy (non-hydrogen) atoms. The Morgan fingerprint density at radius 3 is 2.48 bits per heavy atom. The van der Waals surface area contributed by atoms with E-state index in [1.165, 1.54) is 0 Å². The second-order valence-corrected chi connectivity index (χ2v) is 6.28. The van der Waals surface area contributed by atoms with Gasteiger partial charge < -0.3 is 9.80 Å². The van der Waals surface area contributed by atoms with Gasteiger partial charge in [0, 0.05) is 38.2 Å². The fourth-order valence-electron chi connectivity index (χ4n) is 3.23. The highest BCUT2D eigenvalue weighted by Gasteiger charge is 2.30. The van der Waals surface area contributed by atoms with E-state index < -0.39 is 0 Å². The Labute approximate surface area is 130 Å². The molecule has 0 N–H and O–H groups in total. The van der Waals surface area contributed by atoms with Gasteiger partial charge in [0.2, 0.25) is 5.91 Å². The predicted octanol–water partition coefficient (Wildman–Crippen LogP) is 2.28. The second kappa shape index (κ2) is 6.18. The van der Waals surface area contributed by atoms with Crippen LogP contribution in [0.5, 0.6) is 0 Å². The maximum absolute atomic E-state index is 12.4. The van der Waals surface area contributed by atoms with Crippen LogP contribution in [-0.2, 0) is 4.79 Å². The van der Waals surface area contributed by atoms with Crippen molar-refractivity contribution in [2.24, 2.45) is 5.92 Å². The summed E-state index contributed by atoms with van der Waals surface area (Å²) in [5.74, 6) is 2.09. The fraction of sp³-hybridized carbons (Fsp3) is 0.667. The van der Waals surface area contributed by atoms with Crippen molar-refractivity contribution in [1.82, 2.24) is 14.9 Å². The minimum atomic E-state index is 0.178. The molecule has 0 spiro atoms. The van der Waals surface area contributed by atoms with Crippen LogP contribution in [0.4, 0.5) is 5.82 Å².